The van der Waals surface area contributed by atoms with Crippen LogP contribution in [-0.4, -0.2) is 37.4 Å². The molecule has 0 heterocycles. The number of halogens is 1. The molecule has 0 unspecified atom stereocenters. The maximum atomic E-state index is 12.0. The van der Waals surface area contributed by atoms with Crippen LogP contribution in [0.15, 0.2) is 48.5 Å². The van der Waals surface area contributed by atoms with Crippen LogP contribution < -0.4 is 10.6 Å². The van der Waals surface area contributed by atoms with E-state index in [4.69, 9.17) is 0 Å². The van der Waals surface area contributed by atoms with E-state index in [1.807, 2.05) is 48.5 Å². The van der Waals surface area contributed by atoms with E-state index in [9.17, 15) is 9.59 Å². The fourth-order valence-electron chi connectivity index (χ4n) is 2.23. The van der Waals surface area contributed by atoms with E-state index in [2.05, 4.69) is 33.2 Å². The highest BCUT2D eigenvalue weighted by atomic mass is 127. The molecule has 2 aromatic carbocycles. The fourth-order valence-corrected chi connectivity index (χ4v) is 2.59. The van der Waals surface area contributed by atoms with Crippen LogP contribution in [0.5, 0.6) is 0 Å². The molecule has 6 heteroatoms. The van der Waals surface area contributed by atoms with Crippen molar-refractivity contribution in [3.05, 3.63) is 57.7 Å². The maximum Gasteiger partial charge on any atom is 0.243 e. The molecule has 0 aliphatic heterocycles. The van der Waals surface area contributed by atoms with Gasteiger partial charge in [-0.3, -0.25) is 9.59 Å². The monoisotopic (exact) mass is 451 g/mol. The first-order chi connectivity index (χ1) is 11.9. The van der Waals surface area contributed by atoms with Gasteiger partial charge >= 0.3 is 0 Å². The first-order valence-corrected chi connectivity index (χ1v) is 9.10. The van der Waals surface area contributed by atoms with Crippen LogP contribution in [-0.2, 0) is 16.0 Å². The summed E-state index contributed by atoms with van der Waals surface area (Å²) in [4.78, 5) is 25.3. The Morgan fingerprint density at radius 3 is 2.44 bits per heavy atom. The smallest absolute Gasteiger partial charge is 0.243 e. The summed E-state index contributed by atoms with van der Waals surface area (Å²) in [5, 5.41) is 5.97. The number of carbonyl (C=O) groups is 2. The SMILES string of the molecule is CN(C)C(=O)CCc1cccc(NCC(=O)Nc2ccc(I)cc2)c1. The molecule has 0 aliphatic rings. The number of amides is 2. The van der Waals surface area contributed by atoms with Crippen LogP contribution in [0.2, 0.25) is 0 Å². The number of anilines is 2. The van der Waals surface area contributed by atoms with Crippen LogP contribution in [0, 0.1) is 3.57 Å². The van der Waals surface area contributed by atoms with Gasteiger partial charge in [-0.1, -0.05) is 12.1 Å². The lowest BCUT2D eigenvalue weighted by atomic mass is 10.1. The first-order valence-electron chi connectivity index (χ1n) is 8.02. The second kappa shape index (κ2) is 9.41. The summed E-state index contributed by atoms with van der Waals surface area (Å²) < 4.78 is 1.12. The van der Waals surface area contributed by atoms with E-state index in [-0.39, 0.29) is 18.4 Å². The molecule has 0 saturated heterocycles. The number of carbonyl (C=O) groups excluding carboxylic acids is 2. The summed E-state index contributed by atoms with van der Waals surface area (Å²) in [5.41, 5.74) is 2.72. The van der Waals surface area contributed by atoms with Gasteiger partial charge in [0.25, 0.3) is 0 Å². The average Bonchev–Trinajstić information content (AvgIpc) is 2.60. The van der Waals surface area contributed by atoms with Crippen molar-refractivity contribution in [2.45, 2.75) is 12.8 Å². The lowest BCUT2D eigenvalue weighted by molar-refractivity contribution is -0.128. The molecule has 0 fully saturated rings. The number of benzene rings is 2. The molecule has 25 heavy (non-hydrogen) atoms. The summed E-state index contributed by atoms with van der Waals surface area (Å²) in [6.07, 6.45) is 1.16. The van der Waals surface area contributed by atoms with Crippen molar-refractivity contribution >= 4 is 45.8 Å². The van der Waals surface area contributed by atoms with Crippen LogP contribution in [0.25, 0.3) is 0 Å². The van der Waals surface area contributed by atoms with Crippen molar-refractivity contribution in [1.29, 1.82) is 0 Å². The number of nitrogens with zero attached hydrogens (tertiary/aromatic N) is 1. The third-order valence-electron chi connectivity index (χ3n) is 3.63. The van der Waals surface area contributed by atoms with Gasteiger partial charge in [-0.05, 0) is 71.0 Å². The molecule has 2 aromatic rings. The van der Waals surface area contributed by atoms with Crippen molar-refractivity contribution < 1.29 is 9.59 Å². The maximum absolute atomic E-state index is 12.0. The van der Waals surface area contributed by atoms with E-state index < -0.39 is 0 Å². The van der Waals surface area contributed by atoms with Crippen LogP contribution in [0.1, 0.15) is 12.0 Å². The summed E-state index contributed by atoms with van der Waals surface area (Å²) >= 11 is 2.22. The highest BCUT2D eigenvalue weighted by molar-refractivity contribution is 14.1. The summed E-state index contributed by atoms with van der Waals surface area (Å²) in [6, 6.07) is 15.4. The lowest BCUT2D eigenvalue weighted by Gasteiger charge is -2.11. The van der Waals surface area contributed by atoms with E-state index in [0.29, 0.717) is 12.8 Å². The Hall–Kier alpha value is -2.09. The van der Waals surface area contributed by atoms with Gasteiger partial charge in [0.15, 0.2) is 0 Å². The van der Waals surface area contributed by atoms with Crippen molar-refractivity contribution in [3.63, 3.8) is 0 Å². The Morgan fingerprint density at radius 1 is 1.04 bits per heavy atom. The first kappa shape index (κ1) is 19.2. The zero-order valence-electron chi connectivity index (χ0n) is 14.4. The van der Waals surface area contributed by atoms with Crippen molar-refractivity contribution in [1.82, 2.24) is 4.90 Å². The standard InChI is InChI=1S/C19H22IN3O2/c1-23(2)19(25)11-6-14-4-3-5-17(12-14)21-13-18(24)22-16-9-7-15(20)8-10-16/h3-5,7-10,12,21H,6,11,13H2,1-2H3,(H,22,24). The molecule has 2 rings (SSSR count). The van der Waals surface area contributed by atoms with Gasteiger partial charge in [-0.2, -0.15) is 0 Å². The third kappa shape index (κ3) is 6.74. The minimum absolute atomic E-state index is 0.102. The quantitative estimate of drug-likeness (QED) is 0.635. The van der Waals surface area contributed by atoms with Gasteiger partial charge in [-0.25, -0.2) is 0 Å². The van der Waals surface area contributed by atoms with Crippen LogP contribution >= 0.6 is 22.6 Å². The largest absolute Gasteiger partial charge is 0.376 e. The summed E-state index contributed by atoms with van der Waals surface area (Å²) in [6.45, 7) is 0.187. The zero-order valence-corrected chi connectivity index (χ0v) is 16.5. The van der Waals surface area contributed by atoms with Crippen LogP contribution in [0.3, 0.4) is 0 Å². The predicted octanol–water partition coefficient (Wildman–Crippen LogP) is 3.36. The molecule has 0 radical (unpaired) electrons. The van der Waals surface area contributed by atoms with Crippen molar-refractivity contribution in [2.75, 3.05) is 31.3 Å². The summed E-state index contributed by atoms with van der Waals surface area (Å²) in [7, 11) is 3.51. The Labute approximate surface area is 161 Å². The number of hydrogen-bond acceptors (Lipinski definition) is 3. The van der Waals surface area contributed by atoms with Gasteiger partial charge in [-0.15, -0.1) is 0 Å². The van der Waals surface area contributed by atoms with Gasteiger partial charge in [0.2, 0.25) is 11.8 Å². The Kier molecular flexibility index (Phi) is 7.24. The van der Waals surface area contributed by atoms with E-state index in [1.54, 1.807) is 19.0 Å². The third-order valence-corrected chi connectivity index (χ3v) is 4.35. The van der Waals surface area contributed by atoms with Gasteiger partial charge in [0.1, 0.15) is 0 Å². The molecule has 0 atom stereocenters. The molecule has 0 bridgehead atoms. The molecule has 0 aromatic heterocycles. The van der Waals surface area contributed by atoms with E-state index >= 15 is 0 Å². The number of nitrogens with one attached hydrogen (secondary N) is 2. The number of rotatable bonds is 7. The van der Waals surface area contributed by atoms with Crippen LogP contribution in [0.4, 0.5) is 11.4 Å². The van der Waals surface area contributed by atoms with Crippen molar-refractivity contribution in [2.24, 2.45) is 0 Å². The minimum atomic E-state index is -0.102. The fraction of sp³-hybridized carbons (Fsp3) is 0.263. The second-order valence-corrected chi connectivity index (χ2v) is 7.14. The molecule has 2 N–H and O–H groups in total. The molecule has 5 nitrogen and oxygen atoms in total. The van der Waals surface area contributed by atoms with Gasteiger partial charge in [0.05, 0.1) is 6.54 Å². The molecule has 2 amide bonds. The van der Waals surface area contributed by atoms with E-state index in [1.165, 1.54) is 0 Å². The molecular weight excluding hydrogens is 429 g/mol. The predicted molar refractivity (Wildman–Crippen MR) is 110 cm³/mol. The normalized spacial score (nSPS) is 10.2. The van der Waals surface area contributed by atoms with Crippen molar-refractivity contribution in [3.8, 4) is 0 Å². The molecular formula is C19H22IN3O2. The molecule has 0 saturated carbocycles. The molecule has 0 spiro atoms. The lowest BCUT2D eigenvalue weighted by Crippen LogP contribution is -2.22. The van der Waals surface area contributed by atoms with E-state index in [0.717, 1.165) is 20.5 Å². The minimum Gasteiger partial charge on any atom is -0.376 e. The zero-order chi connectivity index (χ0) is 18.2. The number of hydrogen-bond donors (Lipinski definition) is 2. The average molecular weight is 451 g/mol. The van der Waals surface area contributed by atoms with Gasteiger partial charge in [0, 0.05) is 35.5 Å². The Bertz CT molecular complexity index is 730. The topological polar surface area (TPSA) is 61.4 Å². The second-order valence-electron chi connectivity index (χ2n) is 5.90. The number of aryl methyl sites for hydroxylation is 1. The highest BCUT2D eigenvalue weighted by Crippen LogP contribution is 2.13. The Morgan fingerprint density at radius 2 is 1.76 bits per heavy atom. The highest BCUT2D eigenvalue weighted by Gasteiger charge is 2.06. The molecule has 132 valence electrons. The molecule has 0 aliphatic carbocycles. The summed E-state index contributed by atoms with van der Waals surface area (Å²) in [5.74, 6) is 0.00431. The Balaban J connectivity index is 1.83. The van der Waals surface area contributed by atoms with Gasteiger partial charge < -0.3 is 15.5 Å².